The molecule has 1 aromatic carbocycles. The van der Waals surface area contributed by atoms with E-state index in [1.807, 2.05) is 12.2 Å². The maximum absolute atomic E-state index is 10.1. The van der Waals surface area contributed by atoms with Gasteiger partial charge in [-0.1, -0.05) is 49.4 Å². The molecule has 1 unspecified atom stereocenters. The monoisotopic (exact) mass is 229 g/mol. The van der Waals surface area contributed by atoms with Crippen LogP contribution in [0.1, 0.15) is 31.0 Å². The van der Waals surface area contributed by atoms with E-state index in [0.29, 0.717) is 6.04 Å². The van der Waals surface area contributed by atoms with Crippen LogP contribution in [0.5, 0.6) is 0 Å². The van der Waals surface area contributed by atoms with Crippen molar-refractivity contribution in [3.63, 3.8) is 0 Å². The molecule has 1 atom stereocenters. The number of hydrogen-bond donors (Lipinski definition) is 1. The van der Waals surface area contributed by atoms with E-state index in [2.05, 4.69) is 43.4 Å². The molecule has 0 aliphatic rings. The average Bonchev–Trinajstić information content (AvgIpc) is 2.36. The van der Waals surface area contributed by atoms with E-state index in [-0.39, 0.29) is 0 Å². The van der Waals surface area contributed by atoms with E-state index in [0.717, 1.165) is 18.4 Å². The van der Waals surface area contributed by atoms with Crippen molar-refractivity contribution < 1.29 is 4.79 Å². The van der Waals surface area contributed by atoms with Gasteiger partial charge in [-0.25, -0.2) is 0 Å². The lowest BCUT2D eigenvalue weighted by Gasteiger charge is -2.12. The fraction of sp³-hybridized carbons (Fsp3) is 0.267. The summed E-state index contributed by atoms with van der Waals surface area (Å²) in [5.41, 5.74) is 2.42. The molecule has 0 bridgehead atoms. The summed E-state index contributed by atoms with van der Waals surface area (Å²) in [4.78, 5) is 10.1. The number of carbonyl (C=O) groups excluding carboxylic acids is 1. The second kappa shape index (κ2) is 7.58. The van der Waals surface area contributed by atoms with Crippen molar-refractivity contribution in [1.29, 1.82) is 0 Å². The molecule has 0 fully saturated rings. The first-order valence-electron chi connectivity index (χ1n) is 5.89. The first-order chi connectivity index (χ1) is 8.27. The summed E-state index contributed by atoms with van der Waals surface area (Å²) < 4.78 is 0. The van der Waals surface area contributed by atoms with Crippen molar-refractivity contribution in [3.8, 4) is 0 Å². The van der Waals surface area contributed by atoms with Crippen LogP contribution in [0.4, 0.5) is 0 Å². The topological polar surface area (TPSA) is 29.1 Å². The Bertz CT molecular complexity index is 390. The molecule has 2 nitrogen and oxygen atoms in total. The average molecular weight is 229 g/mol. The molecule has 90 valence electrons. The second-order valence-electron chi connectivity index (χ2n) is 3.83. The zero-order chi connectivity index (χ0) is 12.5. The van der Waals surface area contributed by atoms with Crippen LogP contribution in [0.15, 0.2) is 42.5 Å². The van der Waals surface area contributed by atoms with Crippen LogP contribution in [0.25, 0.3) is 6.08 Å². The molecule has 0 aliphatic heterocycles. The lowest BCUT2D eigenvalue weighted by atomic mass is 10.1. The van der Waals surface area contributed by atoms with Crippen LogP contribution in [0, 0.1) is 0 Å². The minimum Gasteiger partial charge on any atom is -0.310 e. The quantitative estimate of drug-likeness (QED) is 0.461. The lowest BCUT2D eigenvalue weighted by molar-refractivity contribution is -0.104. The molecule has 2 heteroatoms. The van der Waals surface area contributed by atoms with Crippen molar-refractivity contribution in [3.05, 3.63) is 53.6 Å². The number of allylic oxidation sites excluding steroid dienone is 3. The van der Waals surface area contributed by atoms with E-state index in [9.17, 15) is 4.79 Å². The zero-order valence-electron chi connectivity index (χ0n) is 10.4. The summed E-state index contributed by atoms with van der Waals surface area (Å²) in [5.74, 6) is 0. The molecule has 0 saturated heterocycles. The van der Waals surface area contributed by atoms with Crippen LogP contribution < -0.4 is 5.32 Å². The molecule has 0 radical (unpaired) electrons. The molecule has 0 aliphatic carbocycles. The van der Waals surface area contributed by atoms with Gasteiger partial charge in [-0.3, -0.25) is 4.79 Å². The van der Waals surface area contributed by atoms with Gasteiger partial charge in [-0.2, -0.15) is 0 Å². The van der Waals surface area contributed by atoms with E-state index in [1.165, 1.54) is 11.6 Å². The number of carbonyl (C=O) groups is 1. The molecule has 0 saturated carbocycles. The van der Waals surface area contributed by atoms with Crippen LogP contribution in [-0.4, -0.2) is 12.8 Å². The highest BCUT2D eigenvalue weighted by atomic mass is 16.1. The highest BCUT2D eigenvalue weighted by Crippen LogP contribution is 2.13. The molecule has 1 aromatic rings. The molecule has 1 rings (SSSR count). The van der Waals surface area contributed by atoms with E-state index in [4.69, 9.17) is 0 Å². The van der Waals surface area contributed by atoms with E-state index in [1.54, 1.807) is 6.08 Å². The maximum Gasteiger partial charge on any atom is 0.142 e. The minimum atomic E-state index is 0.382. The van der Waals surface area contributed by atoms with E-state index >= 15 is 0 Å². The number of aldehydes is 1. The van der Waals surface area contributed by atoms with Gasteiger partial charge in [0, 0.05) is 6.04 Å². The van der Waals surface area contributed by atoms with Crippen molar-refractivity contribution in [1.82, 2.24) is 5.32 Å². The molecule has 0 heterocycles. The van der Waals surface area contributed by atoms with Crippen LogP contribution in [0.3, 0.4) is 0 Å². The molecule has 1 N–H and O–H groups in total. The van der Waals surface area contributed by atoms with Crippen molar-refractivity contribution in [2.75, 3.05) is 6.54 Å². The Morgan fingerprint density at radius 2 is 1.88 bits per heavy atom. The number of benzene rings is 1. The SMILES string of the molecule is CCNC(C)c1ccc(C=CC=CC=O)cc1. The lowest BCUT2D eigenvalue weighted by Crippen LogP contribution is -2.17. The smallest absolute Gasteiger partial charge is 0.142 e. The minimum absolute atomic E-state index is 0.382. The van der Waals surface area contributed by atoms with Crippen LogP contribution in [0.2, 0.25) is 0 Å². The Labute approximate surface area is 103 Å². The van der Waals surface area contributed by atoms with Crippen LogP contribution in [-0.2, 0) is 4.79 Å². The maximum atomic E-state index is 10.1. The van der Waals surface area contributed by atoms with Gasteiger partial charge in [0.05, 0.1) is 0 Å². The highest BCUT2D eigenvalue weighted by Gasteiger charge is 2.01. The number of hydrogen-bond acceptors (Lipinski definition) is 2. The predicted molar refractivity (Wildman–Crippen MR) is 72.8 cm³/mol. The van der Waals surface area contributed by atoms with Gasteiger partial charge in [-0.05, 0) is 30.7 Å². The Balaban J connectivity index is 2.64. The van der Waals surface area contributed by atoms with Gasteiger partial charge in [-0.15, -0.1) is 0 Å². The fourth-order valence-corrected chi connectivity index (χ4v) is 1.60. The van der Waals surface area contributed by atoms with Gasteiger partial charge in [0.2, 0.25) is 0 Å². The highest BCUT2D eigenvalue weighted by molar-refractivity contribution is 5.66. The molecule has 17 heavy (non-hydrogen) atoms. The van der Waals surface area contributed by atoms with Gasteiger partial charge < -0.3 is 5.32 Å². The Morgan fingerprint density at radius 1 is 1.18 bits per heavy atom. The molecule has 0 aromatic heterocycles. The second-order valence-corrected chi connectivity index (χ2v) is 3.83. The van der Waals surface area contributed by atoms with Gasteiger partial charge in [0.1, 0.15) is 6.29 Å². The fourth-order valence-electron chi connectivity index (χ4n) is 1.60. The van der Waals surface area contributed by atoms with Crippen molar-refractivity contribution in [2.45, 2.75) is 19.9 Å². The summed E-state index contributed by atoms with van der Waals surface area (Å²) in [6.07, 6.45) is 7.80. The Hall–Kier alpha value is -1.67. The summed E-state index contributed by atoms with van der Waals surface area (Å²) in [7, 11) is 0. The zero-order valence-corrected chi connectivity index (χ0v) is 10.4. The first-order valence-corrected chi connectivity index (χ1v) is 5.89. The normalized spacial score (nSPS) is 13.3. The Morgan fingerprint density at radius 3 is 2.47 bits per heavy atom. The number of rotatable bonds is 6. The first kappa shape index (κ1) is 13.4. The van der Waals surface area contributed by atoms with Gasteiger partial charge >= 0.3 is 0 Å². The summed E-state index contributed by atoms with van der Waals surface area (Å²) in [6, 6.07) is 8.78. The summed E-state index contributed by atoms with van der Waals surface area (Å²) in [6.45, 7) is 5.23. The third-order valence-corrected chi connectivity index (χ3v) is 2.54. The van der Waals surface area contributed by atoms with Gasteiger partial charge in [0.25, 0.3) is 0 Å². The molecular weight excluding hydrogens is 210 g/mol. The van der Waals surface area contributed by atoms with Crippen LogP contribution >= 0.6 is 0 Å². The number of nitrogens with one attached hydrogen (secondary N) is 1. The molecular formula is C15H19NO. The third kappa shape index (κ3) is 4.79. The largest absolute Gasteiger partial charge is 0.310 e. The Kier molecular flexibility index (Phi) is 5.97. The summed E-state index contributed by atoms with van der Waals surface area (Å²) >= 11 is 0. The summed E-state index contributed by atoms with van der Waals surface area (Å²) in [5, 5.41) is 3.37. The predicted octanol–water partition coefficient (Wildman–Crippen LogP) is 3.13. The van der Waals surface area contributed by atoms with E-state index < -0.39 is 0 Å². The molecule has 0 spiro atoms. The molecule has 0 amide bonds. The van der Waals surface area contributed by atoms with Gasteiger partial charge in [0.15, 0.2) is 0 Å². The van der Waals surface area contributed by atoms with Crippen molar-refractivity contribution in [2.24, 2.45) is 0 Å². The van der Waals surface area contributed by atoms with Crippen molar-refractivity contribution >= 4 is 12.4 Å². The third-order valence-electron chi connectivity index (χ3n) is 2.54. The standard InChI is InChI=1S/C15H19NO/c1-3-16-13(2)15-10-8-14(9-11-15)7-5-4-6-12-17/h4-13,16H,3H2,1-2H3.